The third-order valence-electron chi connectivity index (χ3n) is 1.54. The van der Waals surface area contributed by atoms with Crippen LogP contribution in [0.2, 0.25) is 0 Å². The Morgan fingerprint density at radius 1 is 1.82 bits per heavy atom. The first-order valence-electron chi connectivity index (χ1n) is 3.17. The van der Waals surface area contributed by atoms with Gasteiger partial charge >= 0.3 is 5.97 Å². The lowest BCUT2D eigenvalue weighted by Crippen LogP contribution is -2.24. The summed E-state index contributed by atoms with van der Waals surface area (Å²) in [6.45, 7) is 1.63. The molecule has 11 heavy (non-hydrogen) atoms. The highest BCUT2D eigenvalue weighted by Gasteiger charge is 2.28. The van der Waals surface area contributed by atoms with Crippen LogP contribution in [0.3, 0.4) is 0 Å². The highest BCUT2D eigenvalue weighted by Crippen LogP contribution is 2.10. The first kappa shape index (κ1) is 7.71. The van der Waals surface area contributed by atoms with Crippen molar-refractivity contribution in [3.05, 3.63) is 0 Å². The quantitative estimate of drug-likeness (QED) is 0.570. The van der Waals surface area contributed by atoms with E-state index < -0.39 is 11.9 Å². The molecule has 0 spiro atoms. The minimum Gasteiger partial charge on any atom is -0.481 e. The van der Waals surface area contributed by atoms with Crippen molar-refractivity contribution in [1.82, 2.24) is 5.43 Å². The molecule has 0 aliphatic carbocycles. The number of carboxylic acid groups (broad SMARTS) is 1. The summed E-state index contributed by atoms with van der Waals surface area (Å²) >= 11 is 0. The van der Waals surface area contributed by atoms with Crippen molar-refractivity contribution < 1.29 is 14.7 Å². The second kappa shape index (κ2) is 2.69. The van der Waals surface area contributed by atoms with Gasteiger partial charge in [-0.1, -0.05) is 0 Å². The molecular formula is C6H8N2O3. The Labute approximate surface area is 63.1 Å². The van der Waals surface area contributed by atoms with Crippen LogP contribution in [0.25, 0.3) is 0 Å². The highest BCUT2D eigenvalue weighted by molar-refractivity contribution is 6.08. The van der Waals surface area contributed by atoms with Crippen LogP contribution in [0.15, 0.2) is 5.10 Å². The Bertz CT molecular complexity index is 234. The number of amides is 1. The van der Waals surface area contributed by atoms with Crippen LogP contribution in [0, 0.1) is 5.92 Å². The maximum Gasteiger partial charge on any atom is 0.304 e. The van der Waals surface area contributed by atoms with Crippen LogP contribution in [-0.4, -0.2) is 22.7 Å². The summed E-state index contributed by atoms with van der Waals surface area (Å²) in [6.07, 6.45) is -0.179. The van der Waals surface area contributed by atoms with Gasteiger partial charge in [0.1, 0.15) is 0 Å². The number of carboxylic acids is 1. The van der Waals surface area contributed by atoms with Crippen LogP contribution in [-0.2, 0) is 9.59 Å². The molecule has 0 aromatic rings. The molecule has 1 atom stereocenters. The van der Waals surface area contributed by atoms with E-state index in [1.165, 1.54) is 0 Å². The van der Waals surface area contributed by atoms with Crippen molar-refractivity contribution in [2.24, 2.45) is 11.0 Å². The number of carbonyl (C=O) groups is 2. The Morgan fingerprint density at radius 3 is 2.82 bits per heavy atom. The van der Waals surface area contributed by atoms with Crippen molar-refractivity contribution in [2.45, 2.75) is 13.3 Å². The Balaban J connectivity index is 2.63. The van der Waals surface area contributed by atoms with Crippen molar-refractivity contribution >= 4 is 17.6 Å². The molecule has 1 aliphatic rings. The molecule has 1 rings (SSSR count). The fraction of sp³-hybridized carbons (Fsp3) is 0.500. The number of hydrogen-bond donors (Lipinski definition) is 2. The molecule has 0 bridgehead atoms. The molecule has 0 saturated heterocycles. The number of nitrogens with one attached hydrogen (secondary N) is 1. The minimum atomic E-state index is -0.985. The van der Waals surface area contributed by atoms with E-state index in [1.54, 1.807) is 6.92 Å². The van der Waals surface area contributed by atoms with E-state index in [0.29, 0.717) is 5.71 Å². The Kier molecular flexibility index (Phi) is 1.89. The Morgan fingerprint density at radius 2 is 2.45 bits per heavy atom. The van der Waals surface area contributed by atoms with Gasteiger partial charge in [-0.25, -0.2) is 5.43 Å². The molecule has 0 saturated carbocycles. The zero-order valence-corrected chi connectivity index (χ0v) is 6.00. The van der Waals surface area contributed by atoms with Gasteiger partial charge in [0.2, 0.25) is 5.91 Å². The molecule has 5 heteroatoms. The summed E-state index contributed by atoms with van der Waals surface area (Å²) in [5, 5.41) is 12.0. The van der Waals surface area contributed by atoms with E-state index in [2.05, 4.69) is 10.5 Å². The number of hydrazone groups is 1. The molecule has 60 valence electrons. The van der Waals surface area contributed by atoms with Gasteiger partial charge in [-0.2, -0.15) is 5.10 Å². The van der Waals surface area contributed by atoms with Crippen LogP contribution >= 0.6 is 0 Å². The molecule has 0 aromatic carbocycles. The molecule has 0 fully saturated rings. The zero-order chi connectivity index (χ0) is 8.43. The lowest BCUT2D eigenvalue weighted by atomic mass is 10.0. The molecule has 0 radical (unpaired) electrons. The van der Waals surface area contributed by atoms with Gasteiger partial charge in [0, 0.05) is 5.71 Å². The second-order valence-corrected chi connectivity index (χ2v) is 2.38. The van der Waals surface area contributed by atoms with Gasteiger partial charge in [0.15, 0.2) is 0 Å². The predicted octanol–water partition coefficient (Wildman–Crippen LogP) is -0.417. The van der Waals surface area contributed by atoms with Gasteiger partial charge < -0.3 is 5.11 Å². The third-order valence-corrected chi connectivity index (χ3v) is 1.54. The molecule has 0 aromatic heterocycles. The first-order valence-corrected chi connectivity index (χ1v) is 3.17. The fourth-order valence-corrected chi connectivity index (χ4v) is 0.904. The molecule has 1 amide bonds. The molecular weight excluding hydrogens is 148 g/mol. The summed E-state index contributed by atoms with van der Waals surface area (Å²) in [5.41, 5.74) is 2.75. The summed E-state index contributed by atoms with van der Waals surface area (Å²) < 4.78 is 0. The average Bonchev–Trinajstić information content (AvgIpc) is 2.18. The van der Waals surface area contributed by atoms with E-state index in [4.69, 9.17) is 5.11 Å². The van der Waals surface area contributed by atoms with Gasteiger partial charge in [-0.3, -0.25) is 9.59 Å². The van der Waals surface area contributed by atoms with Gasteiger partial charge in [-0.05, 0) is 6.92 Å². The molecule has 1 heterocycles. The number of rotatable bonds is 2. The number of carbonyl (C=O) groups excluding carboxylic acids is 1. The average molecular weight is 156 g/mol. The van der Waals surface area contributed by atoms with Crippen LogP contribution in [0.4, 0.5) is 0 Å². The predicted molar refractivity (Wildman–Crippen MR) is 37.0 cm³/mol. The summed E-state index contributed by atoms with van der Waals surface area (Å²) in [6, 6.07) is 0. The van der Waals surface area contributed by atoms with Gasteiger partial charge in [0.25, 0.3) is 0 Å². The van der Waals surface area contributed by atoms with Crippen LogP contribution in [0.1, 0.15) is 13.3 Å². The maximum atomic E-state index is 10.8. The van der Waals surface area contributed by atoms with Crippen molar-refractivity contribution in [1.29, 1.82) is 0 Å². The summed E-state index contributed by atoms with van der Waals surface area (Å²) in [7, 11) is 0. The van der Waals surface area contributed by atoms with E-state index in [9.17, 15) is 9.59 Å². The first-order chi connectivity index (χ1) is 5.11. The monoisotopic (exact) mass is 156 g/mol. The maximum absolute atomic E-state index is 10.8. The second-order valence-electron chi connectivity index (χ2n) is 2.38. The smallest absolute Gasteiger partial charge is 0.304 e. The largest absolute Gasteiger partial charge is 0.481 e. The molecule has 0 unspecified atom stereocenters. The standard InChI is InChI=1S/C6H8N2O3/c1-3-4(2-5(9)10)6(11)8-7-3/h4H,2H2,1H3,(H,8,11)(H,9,10)/t4-/m0/s1. The normalized spacial score (nSPS) is 22.8. The Hall–Kier alpha value is -1.39. The topological polar surface area (TPSA) is 78.8 Å². The van der Waals surface area contributed by atoms with Gasteiger partial charge in [-0.15, -0.1) is 0 Å². The highest BCUT2D eigenvalue weighted by atomic mass is 16.4. The SMILES string of the molecule is CC1=NNC(=O)[C@H]1CC(=O)O. The number of aliphatic carboxylic acids is 1. The fourth-order valence-electron chi connectivity index (χ4n) is 0.904. The molecule has 5 nitrogen and oxygen atoms in total. The number of hydrogen-bond acceptors (Lipinski definition) is 3. The van der Waals surface area contributed by atoms with Crippen molar-refractivity contribution in [2.75, 3.05) is 0 Å². The van der Waals surface area contributed by atoms with E-state index in [-0.39, 0.29) is 12.3 Å². The number of nitrogens with zero attached hydrogens (tertiary/aromatic N) is 1. The zero-order valence-electron chi connectivity index (χ0n) is 6.00. The third kappa shape index (κ3) is 1.54. The summed E-state index contributed by atoms with van der Waals surface area (Å²) in [4.78, 5) is 21.0. The van der Waals surface area contributed by atoms with E-state index in [0.717, 1.165) is 0 Å². The lowest BCUT2D eigenvalue weighted by molar-refractivity contribution is -0.139. The van der Waals surface area contributed by atoms with Crippen molar-refractivity contribution in [3.63, 3.8) is 0 Å². The molecule has 2 N–H and O–H groups in total. The van der Waals surface area contributed by atoms with E-state index in [1.807, 2.05) is 0 Å². The van der Waals surface area contributed by atoms with Crippen LogP contribution < -0.4 is 5.43 Å². The van der Waals surface area contributed by atoms with Gasteiger partial charge in [0.05, 0.1) is 12.3 Å². The van der Waals surface area contributed by atoms with E-state index >= 15 is 0 Å². The minimum absolute atomic E-state index is 0.179. The summed E-state index contributed by atoms with van der Waals surface area (Å²) in [5.74, 6) is -1.89. The van der Waals surface area contributed by atoms with Crippen LogP contribution in [0.5, 0.6) is 0 Å². The van der Waals surface area contributed by atoms with Crippen molar-refractivity contribution in [3.8, 4) is 0 Å². The molecule has 1 aliphatic heterocycles. The lowest BCUT2D eigenvalue weighted by Gasteiger charge is -2.01.